The van der Waals surface area contributed by atoms with Crippen molar-refractivity contribution in [2.75, 3.05) is 24.6 Å². The van der Waals surface area contributed by atoms with E-state index in [2.05, 4.69) is 23.5 Å². The summed E-state index contributed by atoms with van der Waals surface area (Å²) >= 11 is 0. The SMILES string of the molecule is CCCCCCCCN(CCCCCCCC)c1ccc(C(=O)c2ccccc2C(=O)OCC(O)C2OC(=O)C(O)=C2O)c(O)c1. The second-order valence-electron chi connectivity index (χ2n) is 11.8. The zero-order valence-electron chi connectivity index (χ0n) is 27.1. The predicted molar refractivity (Wildman–Crippen MR) is 175 cm³/mol. The monoisotopic (exact) mass is 639 g/mol. The molecule has 2 aromatic carbocycles. The minimum atomic E-state index is -1.66. The van der Waals surface area contributed by atoms with Gasteiger partial charge in [-0.25, -0.2) is 9.59 Å². The van der Waals surface area contributed by atoms with Crippen LogP contribution in [0.5, 0.6) is 5.75 Å². The molecule has 10 nitrogen and oxygen atoms in total. The van der Waals surface area contributed by atoms with Crippen molar-refractivity contribution in [1.29, 1.82) is 0 Å². The first-order valence-electron chi connectivity index (χ1n) is 16.6. The molecule has 2 unspecified atom stereocenters. The zero-order chi connectivity index (χ0) is 33.5. The van der Waals surface area contributed by atoms with Crippen molar-refractivity contribution >= 4 is 23.4 Å². The summed E-state index contributed by atoms with van der Waals surface area (Å²) in [6.45, 7) is 5.44. The van der Waals surface area contributed by atoms with E-state index >= 15 is 0 Å². The number of nitrogens with zero attached hydrogens (tertiary/aromatic N) is 1. The van der Waals surface area contributed by atoms with Crippen LogP contribution in [0.2, 0.25) is 0 Å². The van der Waals surface area contributed by atoms with Crippen LogP contribution in [0.3, 0.4) is 0 Å². The lowest BCUT2D eigenvalue weighted by atomic mass is 9.97. The third kappa shape index (κ3) is 10.2. The molecule has 0 amide bonds. The number of unbranched alkanes of at least 4 members (excludes halogenated alkanes) is 10. The van der Waals surface area contributed by atoms with Gasteiger partial charge in [0.15, 0.2) is 17.6 Å². The summed E-state index contributed by atoms with van der Waals surface area (Å²) in [5.74, 6) is -4.80. The van der Waals surface area contributed by atoms with Gasteiger partial charge >= 0.3 is 11.9 Å². The molecule has 1 aliphatic heterocycles. The Kier molecular flexibility index (Phi) is 14.9. The minimum Gasteiger partial charge on any atom is -0.507 e. The maximum Gasteiger partial charge on any atom is 0.377 e. The number of aliphatic hydroxyl groups is 3. The lowest BCUT2D eigenvalue weighted by Crippen LogP contribution is -2.33. The average Bonchev–Trinajstić information content (AvgIpc) is 3.32. The number of carbonyl (C=O) groups is 3. The molecule has 0 fully saturated rings. The van der Waals surface area contributed by atoms with E-state index in [1.54, 1.807) is 24.3 Å². The van der Waals surface area contributed by atoms with Gasteiger partial charge in [0.05, 0.1) is 11.1 Å². The van der Waals surface area contributed by atoms with Crippen LogP contribution in [-0.2, 0) is 14.3 Å². The maximum atomic E-state index is 13.6. The fraction of sp³-hybridized carbons (Fsp3) is 0.528. The van der Waals surface area contributed by atoms with E-state index in [-0.39, 0.29) is 22.4 Å². The molecule has 2 aromatic rings. The van der Waals surface area contributed by atoms with Gasteiger partial charge in [0, 0.05) is 30.4 Å². The molecule has 252 valence electrons. The van der Waals surface area contributed by atoms with Crippen molar-refractivity contribution in [2.24, 2.45) is 0 Å². The number of aromatic hydroxyl groups is 1. The van der Waals surface area contributed by atoms with E-state index in [1.807, 2.05) is 6.07 Å². The molecule has 0 spiro atoms. The topological polar surface area (TPSA) is 154 Å². The van der Waals surface area contributed by atoms with Gasteiger partial charge in [-0.2, -0.15) is 0 Å². The first-order chi connectivity index (χ1) is 22.2. The van der Waals surface area contributed by atoms with Crippen LogP contribution < -0.4 is 4.90 Å². The Morgan fingerprint density at radius 3 is 1.91 bits per heavy atom. The van der Waals surface area contributed by atoms with E-state index in [0.29, 0.717) is 0 Å². The molecule has 0 saturated carbocycles. The number of esters is 2. The molecule has 46 heavy (non-hydrogen) atoms. The van der Waals surface area contributed by atoms with Crippen molar-refractivity contribution in [1.82, 2.24) is 0 Å². The molecule has 0 radical (unpaired) electrons. The standard InChI is InChI=1S/C36H49NO9/c1-3-5-7-9-11-15-21-37(22-16-12-10-8-6-4-2)25-19-20-28(29(38)23-25)31(40)26-17-13-14-18-27(26)35(43)45-24-30(39)34-32(41)33(42)36(44)46-34/h13-14,17-20,23,30,34,38-39,41-42H,3-12,15-16,21-22,24H2,1-2H3. The number of hydrogen-bond acceptors (Lipinski definition) is 10. The van der Waals surface area contributed by atoms with Crippen LogP contribution in [0, 0.1) is 0 Å². The molecule has 0 saturated heterocycles. The van der Waals surface area contributed by atoms with Crippen LogP contribution >= 0.6 is 0 Å². The highest BCUT2D eigenvalue weighted by Gasteiger charge is 2.40. The summed E-state index contributed by atoms with van der Waals surface area (Å²) in [6.07, 6.45) is 10.9. The predicted octanol–water partition coefficient (Wildman–Crippen LogP) is 6.92. The number of rotatable bonds is 21. The van der Waals surface area contributed by atoms with E-state index in [9.17, 15) is 34.8 Å². The zero-order valence-corrected chi connectivity index (χ0v) is 27.1. The van der Waals surface area contributed by atoms with Crippen molar-refractivity contribution in [3.63, 3.8) is 0 Å². The highest BCUT2D eigenvalue weighted by Crippen LogP contribution is 2.29. The summed E-state index contributed by atoms with van der Waals surface area (Å²) < 4.78 is 9.84. The molecule has 0 bridgehead atoms. The number of cyclic esters (lactones) is 1. The third-order valence-corrected chi connectivity index (χ3v) is 8.22. The number of benzene rings is 2. The Labute approximate surface area is 271 Å². The molecule has 3 rings (SSSR count). The van der Waals surface area contributed by atoms with Crippen LogP contribution in [-0.4, -0.2) is 70.1 Å². The van der Waals surface area contributed by atoms with E-state index in [0.717, 1.165) is 44.5 Å². The van der Waals surface area contributed by atoms with Gasteiger partial charge in [0.2, 0.25) is 5.76 Å². The van der Waals surface area contributed by atoms with Crippen LogP contribution in [0.25, 0.3) is 0 Å². The fourth-order valence-electron chi connectivity index (χ4n) is 5.50. The second kappa shape index (κ2) is 18.8. The summed E-state index contributed by atoms with van der Waals surface area (Å²) in [5, 5.41) is 40.5. The molecule has 0 aliphatic carbocycles. The normalized spacial score (nSPS) is 15.1. The summed E-state index contributed by atoms with van der Waals surface area (Å²) in [6, 6.07) is 11.0. The maximum absolute atomic E-state index is 13.6. The van der Waals surface area contributed by atoms with Crippen molar-refractivity contribution < 1.29 is 44.3 Å². The molecule has 4 N–H and O–H groups in total. The summed E-state index contributed by atoms with van der Waals surface area (Å²) in [7, 11) is 0. The Morgan fingerprint density at radius 1 is 0.804 bits per heavy atom. The Balaban J connectivity index is 1.69. The fourth-order valence-corrected chi connectivity index (χ4v) is 5.50. The number of anilines is 1. The number of ether oxygens (including phenoxy) is 2. The molecular weight excluding hydrogens is 590 g/mol. The average molecular weight is 640 g/mol. The largest absolute Gasteiger partial charge is 0.507 e. The number of carbonyl (C=O) groups excluding carboxylic acids is 3. The van der Waals surface area contributed by atoms with Gasteiger partial charge < -0.3 is 34.8 Å². The van der Waals surface area contributed by atoms with Gasteiger partial charge in [0.25, 0.3) is 0 Å². The Hall–Kier alpha value is -4.05. The van der Waals surface area contributed by atoms with E-state index in [4.69, 9.17) is 4.74 Å². The van der Waals surface area contributed by atoms with Gasteiger partial charge in [-0.1, -0.05) is 96.3 Å². The third-order valence-electron chi connectivity index (χ3n) is 8.22. The highest BCUT2D eigenvalue weighted by atomic mass is 16.6. The molecule has 0 aromatic heterocycles. The van der Waals surface area contributed by atoms with Gasteiger partial charge in [0.1, 0.15) is 18.5 Å². The number of phenols is 1. The first-order valence-corrected chi connectivity index (χ1v) is 16.6. The van der Waals surface area contributed by atoms with Gasteiger partial charge in [-0.05, 0) is 31.0 Å². The highest BCUT2D eigenvalue weighted by molar-refractivity contribution is 6.15. The number of aliphatic hydroxyl groups excluding tert-OH is 3. The molecule has 1 aliphatic rings. The summed E-state index contributed by atoms with van der Waals surface area (Å²) in [4.78, 5) is 40.2. The van der Waals surface area contributed by atoms with Crippen molar-refractivity contribution in [3.05, 3.63) is 70.7 Å². The number of phenolic OH excluding ortho intramolecular Hbond substituents is 1. The second-order valence-corrected chi connectivity index (χ2v) is 11.8. The first kappa shape index (κ1) is 36.4. The molecule has 1 heterocycles. The number of ketones is 1. The van der Waals surface area contributed by atoms with Gasteiger partial charge in [-0.3, -0.25) is 4.79 Å². The smallest absolute Gasteiger partial charge is 0.377 e. The molecule has 10 heteroatoms. The Morgan fingerprint density at radius 2 is 1.37 bits per heavy atom. The quantitative estimate of drug-likeness (QED) is 0.0643. The van der Waals surface area contributed by atoms with E-state index < -0.39 is 48.1 Å². The molecular formula is C36H49NO9. The molecule has 2 atom stereocenters. The van der Waals surface area contributed by atoms with Crippen LogP contribution in [0.1, 0.15) is 117 Å². The van der Waals surface area contributed by atoms with Crippen LogP contribution in [0.15, 0.2) is 54.0 Å². The van der Waals surface area contributed by atoms with Crippen molar-refractivity contribution in [2.45, 2.75) is 103 Å². The van der Waals surface area contributed by atoms with Gasteiger partial charge in [-0.15, -0.1) is 0 Å². The number of hydrogen-bond donors (Lipinski definition) is 4. The lowest BCUT2D eigenvalue weighted by molar-refractivity contribution is -0.147. The summed E-state index contributed by atoms with van der Waals surface area (Å²) in [5.41, 5.74) is 0.774. The van der Waals surface area contributed by atoms with Crippen LogP contribution in [0.4, 0.5) is 5.69 Å². The minimum absolute atomic E-state index is 0.00580. The Bertz CT molecular complexity index is 1320. The van der Waals surface area contributed by atoms with Crippen molar-refractivity contribution in [3.8, 4) is 5.75 Å². The van der Waals surface area contributed by atoms with E-state index in [1.165, 1.54) is 63.5 Å². The lowest BCUT2D eigenvalue weighted by Gasteiger charge is -2.25.